The van der Waals surface area contributed by atoms with Crippen LogP contribution in [0.1, 0.15) is 25.8 Å². The Morgan fingerprint density at radius 3 is 2.68 bits per heavy atom. The Kier molecular flexibility index (Phi) is 7.47. The van der Waals surface area contributed by atoms with Gasteiger partial charge in [0.25, 0.3) is 5.91 Å². The minimum Gasteiger partial charge on any atom is -0.369 e. The van der Waals surface area contributed by atoms with Crippen LogP contribution < -0.4 is 10.2 Å². The van der Waals surface area contributed by atoms with E-state index >= 15 is 0 Å². The van der Waals surface area contributed by atoms with Gasteiger partial charge in [-0.2, -0.15) is 0 Å². The van der Waals surface area contributed by atoms with Crippen molar-refractivity contribution in [1.29, 1.82) is 0 Å². The van der Waals surface area contributed by atoms with Crippen molar-refractivity contribution >= 4 is 17.3 Å². The number of carbonyl (C=O) groups excluding carboxylic acids is 1. The molecule has 1 amide bonds. The second-order valence-electron chi connectivity index (χ2n) is 6.50. The highest BCUT2D eigenvalue weighted by atomic mass is 16.5. The van der Waals surface area contributed by atoms with Gasteiger partial charge in [-0.15, -0.1) is 6.58 Å². The number of aryl methyl sites for hydroxylation is 1. The second kappa shape index (κ2) is 9.59. The van der Waals surface area contributed by atoms with Crippen LogP contribution in [0.2, 0.25) is 0 Å². The number of anilines is 2. The first kappa shape index (κ1) is 19.5. The zero-order valence-electron chi connectivity index (χ0n) is 15.8. The first-order valence-corrected chi connectivity index (χ1v) is 9.16. The first-order chi connectivity index (χ1) is 12.0. The molecule has 1 atom stereocenters. The average molecular weight is 345 g/mol. The molecule has 0 radical (unpaired) electrons. The van der Waals surface area contributed by atoms with E-state index in [1.54, 1.807) is 13.0 Å². The van der Waals surface area contributed by atoms with E-state index < -0.39 is 6.10 Å². The van der Waals surface area contributed by atoms with Crippen molar-refractivity contribution in [2.75, 3.05) is 49.5 Å². The van der Waals surface area contributed by atoms with Gasteiger partial charge < -0.3 is 19.9 Å². The molecule has 0 aromatic heterocycles. The third-order valence-electron chi connectivity index (χ3n) is 4.71. The van der Waals surface area contributed by atoms with Crippen molar-refractivity contribution in [2.45, 2.75) is 33.3 Å². The fraction of sp³-hybridized carbons (Fsp3) is 0.550. The monoisotopic (exact) mass is 345 g/mol. The van der Waals surface area contributed by atoms with Gasteiger partial charge in [0.1, 0.15) is 6.10 Å². The smallest absolute Gasteiger partial charge is 0.253 e. The van der Waals surface area contributed by atoms with Crippen LogP contribution in [0.25, 0.3) is 0 Å². The summed E-state index contributed by atoms with van der Waals surface area (Å²) < 4.78 is 5.50. The second-order valence-corrected chi connectivity index (χ2v) is 6.50. The van der Waals surface area contributed by atoms with E-state index in [1.807, 2.05) is 13.0 Å². The Morgan fingerprint density at radius 2 is 2.08 bits per heavy atom. The SMILES string of the molecule is C=CCCO[C@H](C)C(=O)Nc1ccc(N2CCN(CC)CC2)cc1C. The quantitative estimate of drug-likeness (QED) is 0.581. The Morgan fingerprint density at radius 1 is 1.36 bits per heavy atom. The van der Waals surface area contributed by atoms with Crippen LogP contribution in [0, 0.1) is 6.92 Å². The maximum Gasteiger partial charge on any atom is 0.253 e. The summed E-state index contributed by atoms with van der Waals surface area (Å²) in [5, 5.41) is 2.97. The predicted octanol–water partition coefficient (Wildman–Crippen LogP) is 3.06. The number of hydrogen-bond donors (Lipinski definition) is 1. The van der Waals surface area contributed by atoms with Crippen molar-refractivity contribution in [1.82, 2.24) is 4.90 Å². The van der Waals surface area contributed by atoms with E-state index in [1.165, 1.54) is 5.69 Å². The average Bonchev–Trinajstić information content (AvgIpc) is 2.63. The number of ether oxygens (including phenoxy) is 1. The number of carbonyl (C=O) groups is 1. The van der Waals surface area contributed by atoms with Gasteiger partial charge in [-0.1, -0.05) is 13.0 Å². The molecule has 0 aliphatic carbocycles. The fourth-order valence-electron chi connectivity index (χ4n) is 2.95. The lowest BCUT2D eigenvalue weighted by molar-refractivity contribution is -0.126. The summed E-state index contributed by atoms with van der Waals surface area (Å²) in [7, 11) is 0. The van der Waals surface area contributed by atoms with Gasteiger partial charge in [-0.3, -0.25) is 4.79 Å². The molecule has 1 aromatic carbocycles. The zero-order valence-corrected chi connectivity index (χ0v) is 15.8. The van der Waals surface area contributed by atoms with Gasteiger partial charge in [0.05, 0.1) is 6.61 Å². The third-order valence-corrected chi connectivity index (χ3v) is 4.71. The molecule has 5 nitrogen and oxygen atoms in total. The van der Waals surface area contributed by atoms with Crippen LogP contribution in [0.3, 0.4) is 0 Å². The molecule has 1 fully saturated rings. The van der Waals surface area contributed by atoms with Crippen LogP contribution in [-0.4, -0.2) is 56.2 Å². The molecule has 2 rings (SSSR count). The molecule has 138 valence electrons. The van der Waals surface area contributed by atoms with E-state index in [0.29, 0.717) is 6.61 Å². The molecule has 5 heteroatoms. The highest BCUT2D eigenvalue weighted by Crippen LogP contribution is 2.24. The molecule has 25 heavy (non-hydrogen) atoms. The molecular weight excluding hydrogens is 314 g/mol. The first-order valence-electron chi connectivity index (χ1n) is 9.16. The fourth-order valence-corrected chi connectivity index (χ4v) is 2.95. The lowest BCUT2D eigenvalue weighted by Gasteiger charge is -2.35. The van der Waals surface area contributed by atoms with Crippen molar-refractivity contribution in [3.8, 4) is 0 Å². The van der Waals surface area contributed by atoms with E-state index in [-0.39, 0.29) is 5.91 Å². The summed E-state index contributed by atoms with van der Waals surface area (Å²) in [4.78, 5) is 17.1. The summed E-state index contributed by atoms with van der Waals surface area (Å²) in [6.45, 7) is 15.6. The molecule has 1 aromatic rings. The predicted molar refractivity (Wildman–Crippen MR) is 104 cm³/mol. The molecule has 1 aliphatic heterocycles. The molecule has 0 spiro atoms. The number of nitrogens with one attached hydrogen (secondary N) is 1. The highest BCUT2D eigenvalue weighted by Gasteiger charge is 2.18. The Balaban J connectivity index is 1.93. The molecule has 1 saturated heterocycles. The number of benzene rings is 1. The molecule has 1 heterocycles. The molecular formula is C20H31N3O2. The molecule has 1 aliphatic rings. The number of rotatable bonds is 8. The number of piperazine rings is 1. The van der Waals surface area contributed by atoms with E-state index in [4.69, 9.17) is 4.74 Å². The van der Waals surface area contributed by atoms with Crippen LogP contribution >= 0.6 is 0 Å². The largest absolute Gasteiger partial charge is 0.369 e. The number of likely N-dealkylation sites (N-methyl/N-ethyl adjacent to an activating group) is 1. The summed E-state index contributed by atoms with van der Waals surface area (Å²) in [6, 6.07) is 6.24. The van der Waals surface area contributed by atoms with E-state index in [0.717, 1.165) is 50.4 Å². The zero-order chi connectivity index (χ0) is 18.2. The van der Waals surface area contributed by atoms with Crippen LogP contribution in [0.15, 0.2) is 30.9 Å². The van der Waals surface area contributed by atoms with Gasteiger partial charge in [-0.25, -0.2) is 0 Å². The van der Waals surface area contributed by atoms with Gasteiger partial charge in [0, 0.05) is 37.6 Å². The van der Waals surface area contributed by atoms with Crippen molar-refractivity contribution in [3.63, 3.8) is 0 Å². The minimum atomic E-state index is -0.471. The van der Waals surface area contributed by atoms with Crippen molar-refractivity contribution in [3.05, 3.63) is 36.4 Å². The maximum absolute atomic E-state index is 12.2. The van der Waals surface area contributed by atoms with Crippen LogP contribution in [0.5, 0.6) is 0 Å². The van der Waals surface area contributed by atoms with Gasteiger partial charge in [0.2, 0.25) is 0 Å². The van der Waals surface area contributed by atoms with Crippen molar-refractivity contribution in [2.24, 2.45) is 0 Å². The number of amides is 1. The Bertz CT molecular complexity index is 580. The maximum atomic E-state index is 12.2. The van der Waals surface area contributed by atoms with Crippen molar-refractivity contribution < 1.29 is 9.53 Å². The van der Waals surface area contributed by atoms with Crippen LogP contribution in [-0.2, 0) is 9.53 Å². The van der Waals surface area contributed by atoms with Gasteiger partial charge in [0.15, 0.2) is 0 Å². The Labute approximate surface area is 151 Å². The van der Waals surface area contributed by atoms with Crippen LogP contribution in [0.4, 0.5) is 11.4 Å². The lowest BCUT2D eigenvalue weighted by atomic mass is 10.1. The minimum absolute atomic E-state index is 0.114. The normalized spacial score (nSPS) is 16.5. The highest BCUT2D eigenvalue weighted by molar-refractivity contribution is 5.94. The molecule has 0 saturated carbocycles. The Hall–Kier alpha value is -1.85. The summed E-state index contributed by atoms with van der Waals surface area (Å²) >= 11 is 0. The summed E-state index contributed by atoms with van der Waals surface area (Å²) in [5.74, 6) is -0.114. The lowest BCUT2D eigenvalue weighted by Crippen LogP contribution is -2.46. The summed E-state index contributed by atoms with van der Waals surface area (Å²) in [6.07, 6.45) is 2.06. The topological polar surface area (TPSA) is 44.8 Å². The standard InChI is InChI=1S/C20H31N3O2/c1-5-7-14-25-17(4)20(24)21-19-9-8-18(15-16(19)3)23-12-10-22(6-2)11-13-23/h5,8-9,15,17H,1,6-7,10-14H2,2-4H3,(H,21,24)/t17-/m1/s1. The number of nitrogens with zero attached hydrogens (tertiary/aromatic N) is 2. The van der Waals surface area contributed by atoms with E-state index in [9.17, 15) is 4.79 Å². The summed E-state index contributed by atoms with van der Waals surface area (Å²) in [5.41, 5.74) is 3.14. The molecule has 1 N–H and O–H groups in total. The number of hydrogen-bond acceptors (Lipinski definition) is 4. The molecule has 0 unspecified atom stereocenters. The van der Waals surface area contributed by atoms with Gasteiger partial charge >= 0.3 is 0 Å². The third kappa shape index (κ3) is 5.58. The van der Waals surface area contributed by atoms with Gasteiger partial charge in [-0.05, 0) is 50.6 Å². The molecule has 0 bridgehead atoms. The van der Waals surface area contributed by atoms with E-state index in [2.05, 4.69) is 40.8 Å².